The number of ketones is 1. The predicted molar refractivity (Wildman–Crippen MR) is 232 cm³/mol. The molecule has 6 aliphatic heterocycles. The minimum absolute atomic E-state index is 0.00399. The summed E-state index contributed by atoms with van der Waals surface area (Å²) in [7, 11) is 0. The Balaban J connectivity index is 0.905. The van der Waals surface area contributed by atoms with Gasteiger partial charge in [0.15, 0.2) is 11.9 Å². The van der Waals surface area contributed by atoms with E-state index in [-0.39, 0.29) is 48.6 Å². The molecule has 0 aromatic carbocycles. The average Bonchev–Trinajstić information content (AvgIpc) is 3.69. The Bertz CT molecular complexity index is 2190. The molecule has 13 rings (SSSR count). The summed E-state index contributed by atoms with van der Waals surface area (Å²) >= 11 is 0. The van der Waals surface area contributed by atoms with Gasteiger partial charge in [0.1, 0.15) is 30.2 Å². The van der Waals surface area contributed by atoms with Crippen molar-refractivity contribution in [2.45, 2.75) is 165 Å². The molecule has 0 unspecified atom stereocenters. The zero-order chi connectivity index (χ0) is 44.6. The summed E-state index contributed by atoms with van der Waals surface area (Å²) < 4.78 is 33.9. The van der Waals surface area contributed by atoms with Crippen molar-refractivity contribution < 1.29 is 53.1 Å². The summed E-state index contributed by atoms with van der Waals surface area (Å²) in [6.07, 6.45) is 13.8. The number of ether oxygens (including phenoxy) is 4. The third kappa shape index (κ3) is 5.14. The number of carbonyl (C=O) groups excluding carboxylic acids is 3. The van der Waals surface area contributed by atoms with E-state index in [1.165, 1.54) is 0 Å². The summed E-state index contributed by atoms with van der Waals surface area (Å²) in [5, 5.41) is 39.3. The van der Waals surface area contributed by atoms with E-state index in [0.29, 0.717) is 68.2 Å². The summed E-state index contributed by atoms with van der Waals surface area (Å²) in [6.45, 7) is 7.94. The fourth-order valence-electron chi connectivity index (χ4n) is 19.4. The molecular weight excluding hydrogens is 829 g/mol. The molecule has 0 bridgehead atoms. The van der Waals surface area contributed by atoms with Gasteiger partial charge in [0.05, 0.1) is 42.1 Å². The maximum atomic E-state index is 15.7. The van der Waals surface area contributed by atoms with Crippen molar-refractivity contribution in [3.8, 4) is 0 Å². The van der Waals surface area contributed by atoms with Gasteiger partial charge < -0.3 is 43.6 Å². The topological polar surface area (TPSA) is 181 Å². The quantitative estimate of drug-likeness (QED) is 0.219. The van der Waals surface area contributed by atoms with Crippen LogP contribution in [0, 0.1) is 74.9 Å². The van der Waals surface area contributed by atoms with E-state index in [0.717, 1.165) is 82.3 Å². The fourth-order valence-corrected chi connectivity index (χ4v) is 19.4. The van der Waals surface area contributed by atoms with Gasteiger partial charge in [-0.3, -0.25) is 14.9 Å². The molecule has 13 heteroatoms. The Hall–Kier alpha value is -2.81. The van der Waals surface area contributed by atoms with E-state index in [1.54, 1.807) is 6.26 Å². The number of furan rings is 1. The third-order valence-corrected chi connectivity index (χ3v) is 21.7. The van der Waals surface area contributed by atoms with Crippen molar-refractivity contribution in [3.63, 3.8) is 0 Å². The molecule has 0 radical (unpaired) electrons. The Morgan fingerprint density at radius 2 is 1.75 bits per heavy atom. The molecule has 13 nitrogen and oxygen atoms in total. The maximum absolute atomic E-state index is 15.7. The molecule has 65 heavy (non-hydrogen) atoms. The summed E-state index contributed by atoms with van der Waals surface area (Å²) in [4.78, 5) is 47.3. The number of rotatable bonds is 5. The van der Waals surface area contributed by atoms with Crippen molar-refractivity contribution in [3.05, 3.63) is 35.9 Å². The normalized spacial score (nSPS) is 52.6. The molecule has 1 aromatic heterocycles. The van der Waals surface area contributed by atoms with Crippen molar-refractivity contribution in [1.82, 2.24) is 10.2 Å². The van der Waals surface area contributed by atoms with Gasteiger partial charge in [-0.1, -0.05) is 32.3 Å². The van der Waals surface area contributed by atoms with Crippen molar-refractivity contribution >= 4 is 17.7 Å². The molecular formula is C52H70N2O11. The van der Waals surface area contributed by atoms with Gasteiger partial charge in [-0.25, -0.2) is 4.79 Å². The second-order valence-corrected chi connectivity index (χ2v) is 24.4. The Kier molecular flexibility index (Phi) is 9.21. The van der Waals surface area contributed by atoms with Crippen molar-refractivity contribution in [1.29, 1.82) is 0 Å². The lowest BCUT2D eigenvalue weighted by Crippen LogP contribution is -2.79. The number of carbonyl (C=O) groups is 3. The Morgan fingerprint density at radius 3 is 2.55 bits per heavy atom. The first-order valence-corrected chi connectivity index (χ1v) is 25.7. The average molecular weight is 899 g/mol. The van der Waals surface area contributed by atoms with Gasteiger partial charge in [-0.2, -0.15) is 0 Å². The minimum Gasteiger partial charge on any atom is -0.469 e. The van der Waals surface area contributed by atoms with E-state index in [1.807, 2.05) is 19.9 Å². The van der Waals surface area contributed by atoms with E-state index in [2.05, 4.69) is 29.4 Å². The smallest absolute Gasteiger partial charge is 0.339 e. The fraction of sp³-hybridized carbons (Fsp3) is 0.827. The zero-order valence-corrected chi connectivity index (χ0v) is 38.5. The van der Waals surface area contributed by atoms with E-state index in [9.17, 15) is 24.9 Å². The van der Waals surface area contributed by atoms with Crippen molar-refractivity contribution in [2.75, 3.05) is 26.4 Å². The summed E-state index contributed by atoms with van der Waals surface area (Å²) in [6, 6.07) is 2.48. The van der Waals surface area contributed by atoms with Gasteiger partial charge in [-0.15, -0.1) is 0 Å². The lowest BCUT2D eigenvalue weighted by Gasteiger charge is -2.70. The van der Waals surface area contributed by atoms with Crippen molar-refractivity contribution in [2.24, 2.45) is 74.9 Å². The maximum Gasteiger partial charge on any atom is 0.339 e. The first-order chi connectivity index (χ1) is 31.3. The number of aliphatic hydroxyl groups excluding tert-OH is 3. The van der Waals surface area contributed by atoms with Gasteiger partial charge in [0.2, 0.25) is 0 Å². The van der Waals surface area contributed by atoms with Gasteiger partial charge in [0.25, 0.3) is 0 Å². The lowest BCUT2D eigenvalue weighted by atomic mass is 9.32. The van der Waals surface area contributed by atoms with Crippen LogP contribution in [0.4, 0.5) is 0 Å². The van der Waals surface area contributed by atoms with Crippen LogP contribution in [0.3, 0.4) is 0 Å². The number of hydrogen-bond acceptors (Lipinski definition) is 13. The molecule has 6 aliphatic carbocycles. The number of cyclic esters (lactones) is 2. The van der Waals surface area contributed by atoms with Gasteiger partial charge in [-0.05, 0) is 144 Å². The van der Waals surface area contributed by atoms with Gasteiger partial charge in [0, 0.05) is 47.4 Å². The van der Waals surface area contributed by atoms with Gasteiger partial charge >= 0.3 is 11.9 Å². The minimum atomic E-state index is -1.44. The number of Topliss-reactive ketones (excluding diaryl/α,β-unsaturated/α-hetero) is 1. The Labute approximate surface area is 382 Å². The summed E-state index contributed by atoms with van der Waals surface area (Å²) in [5.41, 5.74) is -5.56. The number of esters is 2. The van der Waals surface area contributed by atoms with Crippen LogP contribution in [-0.4, -0.2) is 106 Å². The monoisotopic (exact) mass is 898 g/mol. The van der Waals surface area contributed by atoms with Crippen LogP contribution in [0.2, 0.25) is 0 Å². The standard InChI is InChI=1S/C52H70N2O11/c1-47(2)40-39(57)41(58)51(30-7-5-4-6-8-30)38(50(40)25-62-46(60)49(45(50)65-47)16-11-27(22-49)24-55)12-15-48(3)42(63-44(59)43-52(48,51)64-43)31-14-18-61-37(31)21-34-32-19-29-13-17-54-26-53-23-35(54)33(29)20-28(32)9-10-36(34)56/h13-14,17-18,27-30,32-36,38,40-43,45,53,55-56,58H,4-12,15-16,19-26H2,1-3H3/t27-,28+,29-,32+,33-,34+,35+,36-,38-,40-,41-,42+,43-,45+,48+,49-,50-,51+,52-/m1/s1. The van der Waals surface area contributed by atoms with Crippen LogP contribution in [0.5, 0.6) is 0 Å². The van der Waals surface area contributed by atoms with Crippen LogP contribution in [0.25, 0.3) is 0 Å². The second kappa shape index (κ2) is 14.1. The molecule has 354 valence electrons. The van der Waals surface area contributed by atoms with Crippen LogP contribution in [-0.2, 0) is 39.8 Å². The first kappa shape index (κ1) is 42.3. The highest BCUT2D eigenvalue weighted by molar-refractivity contribution is 5.93. The van der Waals surface area contributed by atoms with Crippen LogP contribution in [0.15, 0.2) is 29.0 Å². The number of nitrogens with one attached hydrogen (secondary N) is 1. The van der Waals surface area contributed by atoms with Crippen LogP contribution >= 0.6 is 0 Å². The van der Waals surface area contributed by atoms with E-state index >= 15 is 4.79 Å². The Morgan fingerprint density at radius 1 is 0.923 bits per heavy atom. The largest absolute Gasteiger partial charge is 0.469 e. The molecule has 1 aromatic rings. The molecule has 12 aliphatic rings. The SMILES string of the molecule is CC1(C)O[C@H]2[C@]3(CC[C@@H](CO)C3)C(=O)OC[C@@]23[C@@H]1C(=O)[C@@H](O)[C@]1(C2CCCCC2)[C@@H]3CC[C@@]2(C)[C@H](c3ccoc3C[C@H]3[C@H]4C[C@H]5C=CN6CNC[C@H]6[C@@H]5C[C@@H]4CC[C@H]3O)OC(=O)[C@H]3O[C@@]312. The molecule has 3 spiro atoms. The zero-order valence-electron chi connectivity index (χ0n) is 38.5. The molecule has 19 atom stereocenters. The molecule has 7 heterocycles. The molecule has 6 saturated carbocycles. The van der Waals surface area contributed by atoms with E-state index < -0.39 is 75.3 Å². The summed E-state index contributed by atoms with van der Waals surface area (Å²) in [5.74, 6) is 0.216. The predicted octanol–water partition coefficient (Wildman–Crippen LogP) is 5.39. The number of hydrogen-bond donors (Lipinski definition) is 4. The lowest BCUT2D eigenvalue weighted by molar-refractivity contribution is -0.284. The highest BCUT2D eigenvalue weighted by Gasteiger charge is 2.93. The number of allylic oxidation sites excluding steroid dienone is 1. The molecule has 4 N–H and O–H groups in total. The highest BCUT2D eigenvalue weighted by atomic mass is 16.7. The van der Waals surface area contributed by atoms with Crippen LogP contribution < -0.4 is 5.32 Å². The van der Waals surface area contributed by atoms with E-state index in [4.69, 9.17) is 23.4 Å². The number of nitrogens with zero attached hydrogens (tertiary/aromatic N) is 1. The first-order valence-electron chi connectivity index (χ1n) is 25.7. The number of aliphatic hydroxyl groups is 3. The van der Waals surface area contributed by atoms with Crippen LogP contribution in [0.1, 0.15) is 128 Å². The molecule has 0 amide bonds. The second-order valence-electron chi connectivity index (χ2n) is 24.4. The molecule has 11 fully saturated rings. The number of epoxide rings is 1. The molecule has 5 saturated heterocycles. The number of fused-ring (bicyclic) bond motifs is 6. The third-order valence-electron chi connectivity index (χ3n) is 21.7. The highest BCUT2D eigenvalue weighted by Crippen LogP contribution is 2.83.